The van der Waals surface area contributed by atoms with E-state index < -0.39 is 5.97 Å². The molecule has 0 bridgehead atoms. The fourth-order valence-electron chi connectivity index (χ4n) is 2.19. The summed E-state index contributed by atoms with van der Waals surface area (Å²) < 4.78 is 0. The number of benzene rings is 1. The van der Waals surface area contributed by atoms with E-state index in [1.807, 2.05) is 6.92 Å². The van der Waals surface area contributed by atoms with E-state index in [-0.39, 0.29) is 11.9 Å². The van der Waals surface area contributed by atoms with E-state index in [9.17, 15) is 9.59 Å². The third-order valence-corrected chi connectivity index (χ3v) is 3.35. The Morgan fingerprint density at radius 2 is 1.95 bits per heavy atom. The molecule has 0 saturated carbocycles. The molecule has 0 aliphatic rings. The zero-order valence-corrected chi connectivity index (χ0v) is 13.0. The van der Waals surface area contributed by atoms with E-state index in [1.165, 1.54) is 6.08 Å². The Hall–Kier alpha value is -2.10. The summed E-state index contributed by atoms with van der Waals surface area (Å²) >= 11 is 0. The van der Waals surface area contributed by atoms with Crippen molar-refractivity contribution in [2.75, 3.05) is 7.05 Å². The molecule has 0 radical (unpaired) electrons. The van der Waals surface area contributed by atoms with Gasteiger partial charge in [0, 0.05) is 24.7 Å². The van der Waals surface area contributed by atoms with Gasteiger partial charge in [-0.3, -0.25) is 4.79 Å². The molecule has 0 fully saturated rings. The Morgan fingerprint density at radius 1 is 1.29 bits per heavy atom. The van der Waals surface area contributed by atoms with E-state index in [0.29, 0.717) is 17.0 Å². The number of aliphatic carboxylic acids is 1. The highest BCUT2D eigenvalue weighted by atomic mass is 16.4. The minimum atomic E-state index is -1.01. The smallest absolute Gasteiger partial charge is 0.328 e. The summed E-state index contributed by atoms with van der Waals surface area (Å²) in [6.45, 7) is 6.30. The monoisotopic (exact) mass is 289 g/mol. The predicted molar refractivity (Wildman–Crippen MR) is 84.1 cm³/mol. The number of rotatable bonds is 6. The fraction of sp³-hybridized carbons (Fsp3) is 0.412. The van der Waals surface area contributed by atoms with Crippen LogP contribution in [0.5, 0.6) is 0 Å². The van der Waals surface area contributed by atoms with Crippen LogP contribution in [-0.2, 0) is 4.79 Å². The lowest BCUT2D eigenvalue weighted by atomic mass is 10.0. The largest absolute Gasteiger partial charge is 0.478 e. The topological polar surface area (TPSA) is 57.6 Å². The second-order valence-corrected chi connectivity index (χ2v) is 5.69. The molecule has 0 saturated heterocycles. The number of carboxylic acid groups (broad SMARTS) is 1. The Morgan fingerprint density at radius 3 is 2.52 bits per heavy atom. The van der Waals surface area contributed by atoms with Crippen molar-refractivity contribution in [2.24, 2.45) is 5.92 Å². The minimum Gasteiger partial charge on any atom is -0.478 e. The Balaban J connectivity index is 2.87. The van der Waals surface area contributed by atoms with Gasteiger partial charge in [-0.2, -0.15) is 0 Å². The quantitative estimate of drug-likeness (QED) is 0.817. The van der Waals surface area contributed by atoms with Crippen LogP contribution in [0.15, 0.2) is 30.3 Å². The molecule has 1 amide bonds. The highest BCUT2D eigenvalue weighted by Gasteiger charge is 2.18. The van der Waals surface area contributed by atoms with E-state index in [1.54, 1.807) is 36.2 Å². The molecule has 0 aromatic heterocycles. The van der Waals surface area contributed by atoms with E-state index in [4.69, 9.17) is 5.11 Å². The van der Waals surface area contributed by atoms with Gasteiger partial charge in [0.2, 0.25) is 0 Å². The Bertz CT molecular complexity index is 535. The standard InChI is InChI=1S/C17H23NO3/c1-12(2)10-13(3)18(4)17(21)15-7-5-6-14(11-15)8-9-16(19)20/h5-9,11-13H,10H2,1-4H3,(H,19,20). The van der Waals surface area contributed by atoms with Crippen molar-refractivity contribution >= 4 is 18.0 Å². The Labute approximate surface area is 126 Å². The number of hydrogen-bond acceptors (Lipinski definition) is 2. The van der Waals surface area contributed by atoms with Crippen LogP contribution < -0.4 is 0 Å². The maximum Gasteiger partial charge on any atom is 0.328 e. The highest BCUT2D eigenvalue weighted by molar-refractivity contribution is 5.95. The highest BCUT2D eigenvalue weighted by Crippen LogP contribution is 2.14. The van der Waals surface area contributed by atoms with Gasteiger partial charge in [0.1, 0.15) is 0 Å². The molecule has 1 atom stereocenters. The molecule has 21 heavy (non-hydrogen) atoms. The number of nitrogens with zero attached hydrogens (tertiary/aromatic N) is 1. The summed E-state index contributed by atoms with van der Waals surface area (Å²) in [6, 6.07) is 7.15. The van der Waals surface area contributed by atoms with E-state index in [0.717, 1.165) is 12.5 Å². The lowest BCUT2D eigenvalue weighted by molar-refractivity contribution is -0.131. The zero-order valence-electron chi connectivity index (χ0n) is 13.0. The molecule has 4 heteroatoms. The third-order valence-electron chi connectivity index (χ3n) is 3.35. The zero-order chi connectivity index (χ0) is 16.0. The molecule has 1 aromatic rings. The summed E-state index contributed by atoms with van der Waals surface area (Å²) in [5.74, 6) is -0.525. The maximum absolute atomic E-state index is 12.4. The van der Waals surface area contributed by atoms with Gasteiger partial charge in [-0.15, -0.1) is 0 Å². The van der Waals surface area contributed by atoms with Crippen molar-refractivity contribution in [3.63, 3.8) is 0 Å². The fourth-order valence-corrected chi connectivity index (χ4v) is 2.19. The maximum atomic E-state index is 12.4. The number of amides is 1. The van der Waals surface area contributed by atoms with Gasteiger partial charge >= 0.3 is 5.97 Å². The molecule has 0 aliphatic carbocycles. The second kappa shape index (κ2) is 7.62. The molecule has 1 rings (SSSR count). The third kappa shape index (κ3) is 5.42. The van der Waals surface area contributed by atoms with Crippen LogP contribution in [0.1, 0.15) is 43.1 Å². The number of carboxylic acids is 1. The first-order chi connectivity index (χ1) is 9.81. The van der Waals surface area contributed by atoms with Gasteiger partial charge < -0.3 is 10.0 Å². The van der Waals surface area contributed by atoms with Crippen LogP contribution in [0, 0.1) is 5.92 Å². The first kappa shape index (κ1) is 17.0. The SMILES string of the molecule is CC(C)CC(C)N(C)C(=O)c1cccc(C=CC(=O)O)c1. The van der Waals surface area contributed by atoms with Crippen LogP contribution >= 0.6 is 0 Å². The summed E-state index contributed by atoms with van der Waals surface area (Å²) in [5.41, 5.74) is 1.27. The van der Waals surface area contributed by atoms with Crippen LogP contribution in [0.3, 0.4) is 0 Å². The molecule has 114 valence electrons. The summed E-state index contributed by atoms with van der Waals surface area (Å²) in [6.07, 6.45) is 3.49. The van der Waals surface area contributed by atoms with Crippen LogP contribution in [0.25, 0.3) is 6.08 Å². The average Bonchev–Trinajstić information content (AvgIpc) is 2.43. The van der Waals surface area contributed by atoms with Gasteiger partial charge in [0.15, 0.2) is 0 Å². The van der Waals surface area contributed by atoms with Gasteiger partial charge in [-0.25, -0.2) is 4.79 Å². The molecule has 1 aromatic carbocycles. The van der Waals surface area contributed by atoms with Crippen LogP contribution in [0.4, 0.5) is 0 Å². The average molecular weight is 289 g/mol. The van der Waals surface area contributed by atoms with Gasteiger partial charge in [-0.05, 0) is 43.0 Å². The minimum absolute atomic E-state index is 0.0475. The van der Waals surface area contributed by atoms with Crippen molar-refractivity contribution in [1.82, 2.24) is 4.90 Å². The molecule has 0 heterocycles. The first-order valence-corrected chi connectivity index (χ1v) is 7.09. The van der Waals surface area contributed by atoms with Crippen LogP contribution in [0.2, 0.25) is 0 Å². The lowest BCUT2D eigenvalue weighted by Crippen LogP contribution is -2.35. The van der Waals surface area contributed by atoms with Crippen molar-refractivity contribution in [3.05, 3.63) is 41.5 Å². The van der Waals surface area contributed by atoms with Gasteiger partial charge in [0.25, 0.3) is 5.91 Å². The molecule has 4 nitrogen and oxygen atoms in total. The molecular weight excluding hydrogens is 266 g/mol. The number of carbonyl (C=O) groups excluding carboxylic acids is 1. The van der Waals surface area contributed by atoms with Crippen molar-refractivity contribution in [1.29, 1.82) is 0 Å². The molecule has 0 aliphatic heterocycles. The van der Waals surface area contributed by atoms with Crippen molar-refractivity contribution in [3.8, 4) is 0 Å². The first-order valence-electron chi connectivity index (χ1n) is 7.09. The Kier molecular flexibility index (Phi) is 6.15. The van der Waals surface area contributed by atoms with E-state index >= 15 is 0 Å². The normalized spacial score (nSPS) is 12.6. The predicted octanol–water partition coefficient (Wildman–Crippen LogP) is 3.29. The molecular formula is C17H23NO3. The lowest BCUT2D eigenvalue weighted by Gasteiger charge is -2.26. The van der Waals surface area contributed by atoms with Crippen molar-refractivity contribution in [2.45, 2.75) is 33.2 Å². The van der Waals surface area contributed by atoms with Crippen LogP contribution in [-0.4, -0.2) is 35.0 Å². The summed E-state index contributed by atoms with van der Waals surface area (Å²) in [4.78, 5) is 24.7. The summed E-state index contributed by atoms with van der Waals surface area (Å²) in [5, 5.41) is 8.64. The van der Waals surface area contributed by atoms with Crippen molar-refractivity contribution < 1.29 is 14.7 Å². The van der Waals surface area contributed by atoms with E-state index in [2.05, 4.69) is 13.8 Å². The van der Waals surface area contributed by atoms with Gasteiger partial charge in [0.05, 0.1) is 0 Å². The second-order valence-electron chi connectivity index (χ2n) is 5.69. The number of carbonyl (C=O) groups is 2. The summed E-state index contributed by atoms with van der Waals surface area (Å²) in [7, 11) is 1.80. The molecule has 1 unspecified atom stereocenters. The molecule has 1 N–H and O–H groups in total. The molecule has 0 spiro atoms. The van der Waals surface area contributed by atoms with Gasteiger partial charge in [-0.1, -0.05) is 26.0 Å². The number of hydrogen-bond donors (Lipinski definition) is 1.